The highest BCUT2D eigenvalue weighted by molar-refractivity contribution is 7.77. The topological polar surface area (TPSA) is 3.24 Å². The molecule has 2 heteroatoms. The molecule has 0 heterocycles. The molecule has 32 heavy (non-hydrogen) atoms. The predicted molar refractivity (Wildman–Crippen MR) is 142 cm³/mol. The second-order valence-electron chi connectivity index (χ2n) is 9.32. The third-order valence-electron chi connectivity index (χ3n) is 6.07. The Labute approximate surface area is 195 Å². The number of nitrogens with zero attached hydrogens (tertiary/aromatic N) is 1. The highest BCUT2D eigenvalue weighted by atomic mass is 31.1. The summed E-state index contributed by atoms with van der Waals surface area (Å²) in [7, 11) is 3.77. The van der Waals surface area contributed by atoms with Gasteiger partial charge in [-0.2, -0.15) is 0 Å². The summed E-state index contributed by atoms with van der Waals surface area (Å²) in [6.45, 7) is 8.88. The van der Waals surface area contributed by atoms with Crippen LogP contribution in [0.3, 0.4) is 0 Å². The van der Waals surface area contributed by atoms with Gasteiger partial charge >= 0.3 is 0 Å². The van der Waals surface area contributed by atoms with Gasteiger partial charge in [0.15, 0.2) is 0 Å². The summed E-state index contributed by atoms with van der Waals surface area (Å²) in [6, 6.07) is 25.4. The first-order valence-corrected chi connectivity index (χ1v) is 12.8. The number of likely N-dealkylation sites (N-methyl/N-ethyl adjacent to an activating group) is 1. The molecule has 4 rings (SSSR count). The lowest BCUT2D eigenvalue weighted by Crippen LogP contribution is -2.23. The van der Waals surface area contributed by atoms with E-state index >= 15 is 0 Å². The van der Waals surface area contributed by atoms with Crippen LogP contribution >= 0.6 is 7.92 Å². The number of rotatable bonds is 6. The lowest BCUT2D eigenvalue weighted by molar-refractivity contribution is 0.334. The minimum atomic E-state index is -0.638. The number of aryl methyl sites for hydroxylation is 4. The van der Waals surface area contributed by atoms with Gasteiger partial charge in [0, 0.05) is 0 Å². The molecule has 0 bridgehead atoms. The Bertz CT molecular complexity index is 1080. The quantitative estimate of drug-likeness (QED) is 0.379. The predicted octanol–water partition coefficient (Wildman–Crippen LogP) is 6.87. The van der Waals surface area contributed by atoms with Crippen LogP contribution in [0.1, 0.15) is 40.3 Å². The molecule has 0 aliphatic heterocycles. The number of hydrogen-bond donors (Lipinski definition) is 0. The van der Waals surface area contributed by atoms with Crippen molar-refractivity contribution in [3.05, 3.63) is 118 Å². The van der Waals surface area contributed by atoms with Crippen LogP contribution in [-0.4, -0.2) is 19.0 Å². The van der Waals surface area contributed by atoms with E-state index in [0.29, 0.717) is 0 Å². The van der Waals surface area contributed by atoms with Gasteiger partial charge in [-0.25, -0.2) is 0 Å². The number of benzene rings is 3. The molecule has 3 aromatic carbocycles. The summed E-state index contributed by atoms with van der Waals surface area (Å²) in [5.74, 6) is 0. The van der Waals surface area contributed by atoms with Gasteiger partial charge in [0.05, 0.1) is 6.04 Å². The van der Waals surface area contributed by atoms with Crippen LogP contribution in [0.5, 0.6) is 0 Å². The van der Waals surface area contributed by atoms with Crippen LogP contribution in [0.25, 0.3) is 0 Å². The Morgan fingerprint density at radius 2 is 1.22 bits per heavy atom. The van der Waals surface area contributed by atoms with E-state index in [-0.39, 0.29) is 6.04 Å². The molecule has 0 saturated heterocycles. The Hall–Kier alpha value is -2.47. The summed E-state index contributed by atoms with van der Waals surface area (Å²) in [4.78, 5) is 2.37. The zero-order chi connectivity index (χ0) is 22.8. The lowest BCUT2D eigenvalue weighted by atomic mass is 9.97. The molecule has 1 aliphatic rings. The molecule has 0 amide bonds. The van der Waals surface area contributed by atoms with Crippen molar-refractivity contribution in [1.82, 2.24) is 4.90 Å². The molecule has 1 atom stereocenters. The summed E-state index contributed by atoms with van der Waals surface area (Å²) in [5.41, 5.74) is 8.26. The van der Waals surface area contributed by atoms with Crippen molar-refractivity contribution in [1.29, 1.82) is 0 Å². The standard InChI is InChI=1S/C30H34NP/c1-21-15-22(2)18-26(17-21)32(27-19-23(3)16-24(4)20-27)29-14-10-13-28(29)30(31(5)6)25-11-8-7-9-12-25/h7-12,14-20,30H,13H2,1-6H3. The minimum absolute atomic E-state index is 0.281. The van der Waals surface area contributed by atoms with E-state index in [2.05, 4.69) is 126 Å². The molecule has 0 saturated carbocycles. The van der Waals surface area contributed by atoms with Crippen molar-refractivity contribution in [3.63, 3.8) is 0 Å². The molecule has 0 fully saturated rings. The van der Waals surface area contributed by atoms with E-state index in [1.54, 1.807) is 0 Å². The zero-order valence-electron chi connectivity index (χ0n) is 20.2. The second kappa shape index (κ2) is 9.57. The number of hydrogen-bond acceptors (Lipinski definition) is 1. The third kappa shape index (κ3) is 4.80. The Kier molecular flexibility index (Phi) is 6.79. The fraction of sp³-hybridized carbons (Fsp3) is 0.267. The van der Waals surface area contributed by atoms with Gasteiger partial charge in [-0.3, -0.25) is 4.90 Å². The smallest absolute Gasteiger partial charge is 0.0568 e. The average Bonchev–Trinajstić information content (AvgIpc) is 3.16. The Balaban J connectivity index is 1.95. The maximum absolute atomic E-state index is 2.41. The molecule has 1 aliphatic carbocycles. The first-order valence-electron chi connectivity index (χ1n) is 11.4. The first kappa shape index (κ1) is 22.7. The van der Waals surface area contributed by atoms with Gasteiger partial charge < -0.3 is 0 Å². The summed E-state index contributed by atoms with van der Waals surface area (Å²) >= 11 is 0. The maximum Gasteiger partial charge on any atom is 0.0568 e. The van der Waals surface area contributed by atoms with Gasteiger partial charge in [0.1, 0.15) is 0 Å². The third-order valence-corrected chi connectivity index (χ3v) is 8.54. The van der Waals surface area contributed by atoms with E-state index in [9.17, 15) is 0 Å². The van der Waals surface area contributed by atoms with Gasteiger partial charge in [0.25, 0.3) is 0 Å². The molecule has 1 unspecified atom stereocenters. The van der Waals surface area contributed by atoms with Gasteiger partial charge in [-0.15, -0.1) is 0 Å². The van der Waals surface area contributed by atoms with Crippen LogP contribution in [0.4, 0.5) is 0 Å². The monoisotopic (exact) mass is 439 g/mol. The molecule has 164 valence electrons. The summed E-state index contributed by atoms with van der Waals surface area (Å²) < 4.78 is 0. The maximum atomic E-state index is 2.41. The fourth-order valence-electron chi connectivity index (χ4n) is 5.01. The molecule has 0 aromatic heterocycles. The highest BCUT2D eigenvalue weighted by Crippen LogP contribution is 2.51. The molecule has 0 radical (unpaired) electrons. The Morgan fingerprint density at radius 3 is 1.69 bits per heavy atom. The second-order valence-corrected chi connectivity index (χ2v) is 11.5. The van der Waals surface area contributed by atoms with Crippen molar-refractivity contribution >= 4 is 18.5 Å². The van der Waals surface area contributed by atoms with Crippen molar-refractivity contribution in [2.75, 3.05) is 14.1 Å². The van der Waals surface area contributed by atoms with Crippen LogP contribution in [0.15, 0.2) is 89.8 Å². The largest absolute Gasteiger partial charge is 0.299 e. The van der Waals surface area contributed by atoms with Crippen molar-refractivity contribution in [2.45, 2.75) is 40.2 Å². The van der Waals surface area contributed by atoms with E-state index in [4.69, 9.17) is 0 Å². The number of allylic oxidation sites excluding steroid dienone is 3. The van der Waals surface area contributed by atoms with Crippen LogP contribution in [0.2, 0.25) is 0 Å². The molecular weight excluding hydrogens is 405 g/mol. The van der Waals surface area contributed by atoms with E-state index < -0.39 is 7.92 Å². The summed E-state index contributed by atoms with van der Waals surface area (Å²) in [5, 5.41) is 4.41. The molecule has 3 aromatic rings. The van der Waals surface area contributed by atoms with Crippen molar-refractivity contribution in [2.24, 2.45) is 0 Å². The van der Waals surface area contributed by atoms with Gasteiger partial charge in [-0.05, 0) is 83.2 Å². The van der Waals surface area contributed by atoms with Gasteiger partial charge in [-0.1, -0.05) is 101 Å². The highest BCUT2D eigenvalue weighted by Gasteiger charge is 2.29. The van der Waals surface area contributed by atoms with E-state index in [0.717, 1.165) is 6.42 Å². The van der Waals surface area contributed by atoms with Gasteiger partial charge in [0.2, 0.25) is 0 Å². The summed E-state index contributed by atoms with van der Waals surface area (Å²) in [6.07, 6.45) is 5.79. The molecular formula is C30H34NP. The average molecular weight is 440 g/mol. The van der Waals surface area contributed by atoms with E-state index in [1.807, 2.05) is 0 Å². The molecule has 0 N–H and O–H groups in total. The van der Waals surface area contributed by atoms with Crippen molar-refractivity contribution in [3.8, 4) is 0 Å². The first-order chi connectivity index (χ1) is 15.3. The van der Waals surface area contributed by atoms with Crippen LogP contribution in [-0.2, 0) is 0 Å². The van der Waals surface area contributed by atoms with Crippen molar-refractivity contribution < 1.29 is 0 Å². The SMILES string of the molecule is Cc1cc(C)cc(P(C2=C(C(c3ccccc3)N(C)C)CC=C2)c2cc(C)cc(C)c2)c1. The van der Waals surface area contributed by atoms with E-state index in [1.165, 1.54) is 49.3 Å². The fourth-order valence-corrected chi connectivity index (χ4v) is 7.95. The van der Waals surface area contributed by atoms with Crippen LogP contribution < -0.4 is 10.6 Å². The molecule has 0 spiro atoms. The lowest BCUT2D eigenvalue weighted by Gasteiger charge is -2.30. The minimum Gasteiger partial charge on any atom is -0.299 e. The molecule has 1 nitrogen and oxygen atoms in total. The normalized spacial score (nSPS) is 14.6. The Morgan fingerprint density at radius 1 is 0.719 bits per heavy atom. The zero-order valence-corrected chi connectivity index (χ0v) is 21.1. The van der Waals surface area contributed by atoms with Crippen LogP contribution in [0, 0.1) is 27.7 Å².